The van der Waals surface area contributed by atoms with Gasteiger partial charge in [-0.2, -0.15) is 0 Å². The monoisotopic (exact) mass is 301 g/mol. The van der Waals surface area contributed by atoms with E-state index in [9.17, 15) is 9.18 Å². The summed E-state index contributed by atoms with van der Waals surface area (Å²) in [6.07, 6.45) is 0.776. The van der Waals surface area contributed by atoms with Crippen LogP contribution in [0.5, 0.6) is 0 Å². The molecule has 0 bridgehead atoms. The molecule has 1 aliphatic rings. The van der Waals surface area contributed by atoms with Crippen molar-refractivity contribution in [3.05, 3.63) is 48.0 Å². The summed E-state index contributed by atoms with van der Waals surface area (Å²) in [4.78, 5) is 17.3. The maximum absolute atomic E-state index is 14.4. The van der Waals surface area contributed by atoms with E-state index in [2.05, 4.69) is 4.98 Å². The highest BCUT2D eigenvalue weighted by Crippen LogP contribution is 2.28. The van der Waals surface area contributed by atoms with Gasteiger partial charge >= 0.3 is 6.09 Å². The second kappa shape index (κ2) is 5.73. The molecule has 0 aliphatic carbocycles. The third-order valence-electron chi connectivity index (χ3n) is 3.62. The fourth-order valence-electron chi connectivity index (χ4n) is 2.39. The van der Waals surface area contributed by atoms with Crippen molar-refractivity contribution < 1.29 is 13.9 Å². The lowest BCUT2D eigenvalue weighted by Gasteiger charge is -2.14. The summed E-state index contributed by atoms with van der Waals surface area (Å²) in [5.41, 5.74) is 7.96. The van der Waals surface area contributed by atoms with Crippen LogP contribution in [0.3, 0.4) is 0 Å². The number of nitrogens with zero attached hydrogens (tertiary/aromatic N) is 2. The van der Waals surface area contributed by atoms with Crippen molar-refractivity contribution in [3.63, 3.8) is 0 Å². The average molecular weight is 301 g/mol. The van der Waals surface area contributed by atoms with Gasteiger partial charge in [-0.25, -0.2) is 9.18 Å². The van der Waals surface area contributed by atoms with E-state index in [0.29, 0.717) is 23.4 Å². The van der Waals surface area contributed by atoms with E-state index >= 15 is 0 Å². The van der Waals surface area contributed by atoms with Crippen molar-refractivity contribution in [3.8, 4) is 11.1 Å². The normalized spacial score (nSPS) is 17.7. The van der Waals surface area contributed by atoms with Crippen LogP contribution in [0, 0.1) is 12.7 Å². The zero-order valence-corrected chi connectivity index (χ0v) is 12.1. The molecule has 1 saturated heterocycles. The number of benzene rings is 1. The number of rotatable bonds is 3. The minimum Gasteiger partial charge on any atom is -0.443 e. The van der Waals surface area contributed by atoms with Crippen LogP contribution >= 0.6 is 0 Å². The van der Waals surface area contributed by atoms with E-state index in [-0.39, 0.29) is 12.6 Å². The first-order chi connectivity index (χ1) is 10.6. The van der Waals surface area contributed by atoms with Gasteiger partial charge in [0.1, 0.15) is 11.9 Å². The molecule has 1 aromatic carbocycles. The third kappa shape index (κ3) is 2.65. The lowest BCUT2D eigenvalue weighted by molar-refractivity contribution is 0.145. The molecule has 1 fully saturated rings. The van der Waals surface area contributed by atoms with Gasteiger partial charge in [-0.1, -0.05) is 6.07 Å². The van der Waals surface area contributed by atoms with Crippen LogP contribution in [0.15, 0.2) is 36.5 Å². The molecule has 0 radical (unpaired) electrons. The fraction of sp³-hybridized carbons (Fsp3) is 0.250. The highest BCUT2D eigenvalue weighted by atomic mass is 19.1. The topological polar surface area (TPSA) is 68.4 Å². The van der Waals surface area contributed by atoms with Gasteiger partial charge in [-0.15, -0.1) is 0 Å². The summed E-state index contributed by atoms with van der Waals surface area (Å²) in [6.45, 7) is 2.45. The molecule has 2 aromatic rings. The first-order valence-electron chi connectivity index (χ1n) is 6.99. The zero-order valence-electron chi connectivity index (χ0n) is 12.1. The van der Waals surface area contributed by atoms with E-state index in [1.807, 2.05) is 19.1 Å². The molecule has 1 amide bonds. The second-order valence-corrected chi connectivity index (χ2v) is 5.20. The number of cyclic esters (lactones) is 1. The highest BCUT2D eigenvalue weighted by molar-refractivity contribution is 5.90. The number of carbonyl (C=O) groups excluding carboxylic acids is 1. The molecule has 6 heteroatoms. The molecule has 1 aromatic heterocycles. The van der Waals surface area contributed by atoms with E-state index in [4.69, 9.17) is 10.5 Å². The predicted molar refractivity (Wildman–Crippen MR) is 81.0 cm³/mol. The molecular formula is C16H16FN3O2. The van der Waals surface area contributed by atoms with E-state index in [1.165, 1.54) is 11.0 Å². The minimum atomic E-state index is -0.500. The SMILES string of the molecule is Cc1ccc(-c2ccc(N3C[C@H](CN)OC3=O)cc2F)cn1. The maximum atomic E-state index is 14.4. The molecule has 3 rings (SSSR count). The van der Waals surface area contributed by atoms with Gasteiger partial charge in [0, 0.05) is 29.6 Å². The Morgan fingerprint density at radius 1 is 1.41 bits per heavy atom. The van der Waals surface area contributed by atoms with Crippen LogP contribution in [0.4, 0.5) is 14.9 Å². The summed E-state index contributed by atoms with van der Waals surface area (Å²) in [7, 11) is 0. The Morgan fingerprint density at radius 2 is 2.23 bits per heavy atom. The van der Waals surface area contributed by atoms with E-state index < -0.39 is 11.9 Å². The molecule has 2 N–H and O–H groups in total. The third-order valence-corrected chi connectivity index (χ3v) is 3.62. The minimum absolute atomic E-state index is 0.248. The van der Waals surface area contributed by atoms with Gasteiger partial charge in [-0.05, 0) is 31.2 Å². The van der Waals surface area contributed by atoms with Gasteiger partial charge in [0.15, 0.2) is 0 Å². The number of aromatic nitrogens is 1. The Labute approximate surface area is 127 Å². The number of aryl methyl sites for hydroxylation is 1. The maximum Gasteiger partial charge on any atom is 0.414 e. The first kappa shape index (κ1) is 14.5. The summed E-state index contributed by atoms with van der Waals surface area (Å²) in [5.74, 6) is -0.410. The standard InChI is InChI=1S/C16H16FN3O2/c1-10-2-3-11(8-19-10)14-5-4-12(6-15(14)17)20-9-13(7-18)22-16(20)21/h2-6,8,13H,7,9,18H2,1H3/t13-/m0/s1. The van der Waals surface area contributed by atoms with Crippen LogP contribution in [0.2, 0.25) is 0 Å². The predicted octanol–water partition coefficient (Wildman–Crippen LogP) is 2.48. The van der Waals surface area contributed by atoms with Gasteiger partial charge in [-0.3, -0.25) is 9.88 Å². The van der Waals surface area contributed by atoms with Crippen molar-refractivity contribution in [1.82, 2.24) is 4.98 Å². The lowest BCUT2D eigenvalue weighted by Crippen LogP contribution is -2.27. The van der Waals surface area contributed by atoms with Crippen LogP contribution < -0.4 is 10.6 Å². The molecule has 22 heavy (non-hydrogen) atoms. The first-order valence-corrected chi connectivity index (χ1v) is 6.99. The van der Waals surface area contributed by atoms with E-state index in [0.717, 1.165) is 5.69 Å². The summed E-state index contributed by atoms with van der Waals surface area (Å²) in [5, 5.41) is 0. The molecular weight excluding hydrogens is 285 g/mol. The smallest absolute Gasteiger partial charge is 0.414 e. The van der Waals surface area contributed by atoms with E-state index in [1.54, 1.807) is 18.3 Å². The highest BCUT2D eigenvalue weighted by Gasteiger charge is 2.31. The number of hydrogen-bond donors (Lipinski definition) is 1. The Hall–Kier alpha value is -2.47. The second-order valence-electron chi connectivity index (χ2n) is 5.20. The molecule has 1 atom stereocenters. The van der Waals surface area contributed by atoms with Gasteiger partial charge in [0.25, 0.3) is 0 Å². The van der Waals surface area contributed by atoms with Crippen LogP contribution in [-0.4, -0.2) is 30.3 Å². The number of halogens is 1. The quantitative estimate of drug-likeness (QED) is 0.945. The van der Waals surface area contributed by atoms with Crippen molar-refractivity contribution >= 4 is 11.8 Å². The van der Waals surface area contributed by atoms with Gasteiger partial charge in [0.05, 0.1) is 12.2 Å². The zero-order chi connectivity index (χ0) is 15.7. The van der Waals surface area contributed by atoms with Crippen molar-refractivity contribution in [1.29, 1.82) is 0 Å². The fourth-order valence-corrected chi connectivity index (χ4v) is 2.39. The largest absolute Gasteiger partial charge is 0.443 e. The Kier molecular flexibility index (Phi) is 3.77. The van der Waals surface area contributed by atoms with Crippen molar-refractivity contribution in [2.75, 3.05) is 18.0 Å². The number of nitrogens with two attached hydrogens (primary N) is 1. The summed E-state index contributed by atoms with van der Waals surface area (Å²) >= 11 is 0. The van der Waals surface area contributed by atoms with Gasteiger partial charge < -0.3 is 10.5 Å². The Morgan fingerprint density at radius 3 is 2.82 bits per heavy atom. The molecule has 0 spiro atoms. The number of ether oxygens (including phenoxy) is 1. The number of hydrogen-bond acceptors (Lipinski definition) is 4. The number of anilines is 1. The lowest BCUT2D eigenvalue weighted by atomic mass is 10.1. The van der Waals surface area contributed by atoms with Gasteiger partial charge in [0.2, 0.25) is 0 Å². The number of amides is 1. The van der Waals surface area contributed by atoms with Crippen LogP contribution in [0.25, 0.3) is 11.1 Å². The van der Waals surface area contributed by atoms with Crippen molar-refractivity contribution in [2.45, 2.75) is 13.0 Å². The van der Waals surface area contributed by atoms with Crippen LogP contribution in [-0.2, 0) is 4.74 Å². The number of carbonyl (C=O) groups is 1. The molecule has 114 valence electrons. The molecule has 0 saturated carbocycles. The van der Waals surface area contributed by atoms with Crippen molar-refractivity contribution in [2.24, 2.45) is 5.73 Å². The van der Waals surface area contributed by atoms with Crippen LogP contribution in [0.1, 0.15) is 5.69 Å². The summed E-state index contributed by atoms with van der Waals surface area (Å²) in [6, 6.07) is 8.30. The average Bonchev–Trinajstić information content (AvgIpc) is 2.89. The Bertz CT molecular complexity index is 703. The Balaban J connectivity index is 1.89. The molecule has 5 nitrogen and oxygen atoms in total. The molecule has 0 unspecified atom stereocenters. The number of pyridine rings is 1. The summed E-state index contributed by atoms with van der Waals surface area (Å²) < 4.78 is 19.4. The molecule has 2 heterocycles. The molecule has 1 aliphatic heterocycles.